The van der Waals surface area contributed by atoms with Crippen molar-refractivity contribution < 1.29 is 9.59 Å². The smallest absolute Gasteiger partial charge is 0.250 e. The molecule has 3 unspecified atom stereocenters. The van der Waals surface area contributed by atoms with Crippen LogP contribution in [0.2, 0.25) is 0 Å². The van der Waals surface area contributed by atoms with Gasteiger partial charge in [-0.3, -0.25) is 14.5 Å². The third-order valence-corrected chi connectivity index (χ3v) is 4.62. The number of piperazine rings is 1. The summed E-state index contributed by atoms with van der Waals surface area (Å²) in [5.41, 5.74) is 3.02. The lowest BCUT2D eigenvalue weighted by Gasteiger charge is -2.40. The monoisotopic (exact) mass is 288 g/mol. The van der Waals surface area contributed by atoms with Crippen molar-refractivity contribution in [3.8, 4) is 0 Å². The molecule has 4 heteroatoms. The van der Waals surface area contributed by atoms with Crippen molar-refractivity contribution in [1.82, 2.24) is 5.32 Å². The number of amides is 2. The number of nitrogens with one attached hydrogen (secondary N) is 1. The van der Waals surface area contributed by atoms with Gasteiger partial charge >= 0.3 is 0 Å². The van der Waals surface area contributed by atoms with E-state index in [0.717, 1.165) is 23.2 Å². The Morgan fingerprint density at radius 2 is 1.95 bits per heavy atom. The van der Waals surface area contributed by atoms with Crippen molar-refractivity contribution >= 4 is 17.5 Å². The van der Waals surface area contributed by atoms with E-state index >= 15 is 0 Å². The zero-order chi connectivity index (χ0) is 15.7. The van der Waals surface area contributed by atoms with E-state index in [9.17, 15) is 9.59 Å². The number of rotatable bonds is 3. The molecule has 1 saturated heterocycles. The van der Waals surface area contributed by atoms with E-state index < -0.39 is 12.1 Å². The minimum Gasteiger partial charge on any atom is -0.342 e. The Bertz CT molecular complexity index is 568. The van der Waals surface area contributed by atoms with Gasteiger partial charge in [-0.05, 0) is 43.9 Å². The first-order valence-corrected chi connectivity index (χ1v) is 7.58. The zero-order valence-corrected chi connectivity index (χ0v) is 13.4. The van der Waals surface area contributed by atoms with Gasteiger partial charge in [0.1, 0.15) is 12.1 Å². The van der Waals surface area contributed by atoms with Crippen LogP contribution < -0.4 is 10.2 Å². The quantitative estimate of drug-likeness (QED) is 0.929. The first-order valence-electron chi connectivity index (χ1n) is 7.58. The third-order valence-electron chi connectivity index (χ3n) is 4.62. The van der Waals surface area contributed by atoms with Crippen LogP contribution in [-0.4, -0.2) is 23.9 Å². The molecule has 21 heavy (non-hydrogen) atoms. The van der Waals surface area contributed by atoms with Crippen LogP contribution in [0.4, 0.5) is 5.69 Å². The Labute approximate surface area is 126 Å². The molecule has 1 aliphatic rings. The number of benzene rings is 1. The molecule has 0 saturated carbocycles. The van der Waals surface area contributed by atoms with Crippen molar-refractivity contribution in [2.75, 3.05) is 4.90 Å². The predicted octanol–water partition coefficient (Wildman–Crippen LogP) is 2.57. The first kappa shape index (κ1) is 15.5. The summed E-state index contributed by atoms with van der Waals surface area (Å²) >= 11 is 0. The topological polar surface area (TPSA) is 49.4 Å². The van der Waals surface area contributed by atoms with Crippen molar-refractivity contribution in [3.05, 3.63) is 29.3 Å². The van der Waals surface area contributed by atoms with E-state index in [1.165, 1.54) is 0 Å². The second-order valence-electron chi connectivity index (χ2n) is 5.98. The van der Waals surface area contributed by atoms with E-state index in [-0.39, 0.29) is 17.7 Å². The highest BCUT2D eigenvalue weighted by Crippen LogP contribution is 2.28. The minimum atomic E-state index is -0.474. The van der Waals surface area contributed by atoms with E-state index in [1.807, 2.05) is 45.9 Å². The minimum absolute atomic E-state index is 0.00912. The summed E-state index contributed by atoms with van der Waals surface area (Å²) in [7, 11) is 0. The predicted molar refractivity (Wildman–Crippen MR) is 84.2 cm³/mol. The van der Waals surface area contributed by atoms with Gasteiger partial charge in [0.15, 0.2) is 0 Å². The molecular formula is C17H24N2O2. The molecule has 2 rings (SSSR count). The molecule has 0 aromatic heterocycles. The van der Waals surface area contributed by atoms with Crippen LogP contribution in [0.25, 0.3) is 0 Å². The summed E-state index contributed by atoms with van der Waals surface area (Å²) < 4.78 is 0. The van der Waals surface area contributed by atoms with Crippen molar-refractivity contribution in [1.29, 1.82) is 0 Å². The molecule has 0 bridgehead atoms. The lowest BCUT2D eigenvalue weighted by atomic mass is 9.93. The fraction of sp³-hybridized carbons (Fsp3) is 0.529. The first-order chi connectivity index (χ1) is 9.88. The van der Waals surface area contributed by atoms with Crippen molar-refractivity contribution in [2.45, 2.75) is 53.1 Å². The summed E-state index contributed by atoms with van der Waals surface area (Å²) in [6, 6.07) is 4.96. The zero-order valence-electron chi connectivity index (χ0n) is 13.4. The normalized spacial score (nSPS) is 24.0. The molecule has 1 heterocycles. The van der Waals surface area contributed by atoms with Crippen LogP contribution in [0.5, 0.6) is 0 Å². The van der Waals surface area contributed by atoms with Crippen LogP contribution in [0, 0.1) is 19.8 Å². The second kappa shape index (κ2) is 5.88. The summed E-state index contributed by atoms with van der Waals surface area (Å²) in [5, 5.41) is 2.87. The highest BCUT2D eigenvalue weighted by molar-refractivity contribution is 6.08. The molecule has 0 aliphatic carbocycles. The van der Waals surface area contributed by atoms with Gasteiger partial charge in [-0.2, -0.15) is 0 Å². The van der Waals surface area contributed by atoms with Crippen LogP contribution in [0.1, 0.15) is 38.3 Å². The lowest BCUT2D eigenvalue weighted by molar-refractivity contribution is -0.134. The Morgan fingerprint density at radius 1 is 1.29 bits per heavy atom. The fourth-order valence-electron chi connectivity index (χ4n) is 2.74. The van der Waals surface area contributed by atoms with E-state index in [0.29, 0.717) is 0 Å². The lowest BCUT2D eigenvalue weighted by Crippen LogP contribution is -2.64. The van der Waals surface area contributed by atoms with Crippen molar-refractivity contribution in [2.24, 2.45) is 5.92 Å². The van der Waals surface area contributed by atoms with Crippen LogP contribution in [0.3, 0.4) is 0 Å². The number of carbonyl (C=O) groups excluding carboxylic acids is 2. The largest absolute Gasteiger partial charge is 0.342 e. The number of carbonyl (C=O) groups is 2. The molecular weight excluding hydrogens is 264 g/mol. The van der Waals surface area contributed by atoms with Crippen LogP contribution in [0.15, 0.2) is 18.2 Å². The SMILES string of the molecule is CCC(C)C1NC(=O)C(C)N(c2cccc(C)c2C)C1=O. The Morgan fingerprint density at radius 3 is 2.57 bits per heavy atom. The summed E-state index contributed by atoms with van der Waals surface area (Å²) in [5.74, 6) is 0.0347. The number of hydrogen-bond acceptors (Lipinski definition) is 2. The molecule has 0 radical (unpaired) electrons. The Kier molecular flexibility index (Phi) is 4.35. The summed E-state index contributed by atoms with van der Waals surface area (Å²) in [6.07, 6.45) is 0.853. The average molecular weight is 288 g/mol. The fourth-order valence-corrected chi connectivity index (χ4v) is 2.74. The number of anilines is 1. The molecule has 3 atom stereocenters. The highest BCUT2D eigenvalue weighted by atomic mass is 16.2. The molecule has 0 spiro atoms. The van der Waals surface area contributed by atoms with Gasteiger partial charge in [-0.1, -0.05) is 32.4 Å². The molecule has 1 N–H and O–H groups in total. The van der Waals surface area contributed by atoms with Gasteiger partial charge in [0.05, 0.1) is 0 Å². The average Bonchev–Trinajstić information content (AvgIpc) is 2.46. The van der Waals surface area contributed by atoms with E-state index in [2.05, 4.69) is 5.32 Å². The molecule has 1 aliphatic heterocycles. The molecule has 2 amide bonds. The van der Waals surface area contributed by atoms with E-state index in [1.54, 1.807) is 11.8 Å². The van der Waals surface area contributed by atoms with Crippen LogP contribution in [-0.2, 0) is 9.59 Å². The number of nitrogens with zero attached hydrogens (tertiary/aromatic N) is 1. The van der Waals surface area contributed by atoms with E-state index in [4.69, 9.17) is 0 Å². The molecule has 1 aromatic carbocycles. The van der Waals surface area contributed by atoms with Gasteiger partial charge in [0, 0.05) is 5.69 Å². The maximum absolute atomic E-state index is 12.9. The van der Waals surface area contributed by atoms with Crippen molar-refractivity contribution in [3.63, 3.8) is 0 Å². The number of hydrogen-bond donors (Lipinski definition) is 1. The maximum atomic E-state index is 12.9. The van der Waals surface area contributed by atoms with Gasteiger partial charge in [-0.25, -0.2) is 0 Å². The highest BCUT2D eigenvalue weighted by Gasteiger charge is 2.41. The summed E-state index contributed by atoms with van der Waals surface area (Å²) in [6.45, 7) is 9.83. The molecule has 1 aromatic rings. The Balaban J connectivity index is 2.46. The standard InChI is InChI=1S/C17H24N2O2/c1-6-10(2)15-17(21)19(13(5)16(20)18-15)14-9-7-8-11(3)12(14)4/h7-10,13,15H,6H2,1-5H3,(H,18,20). The number of aryl methyl sites for hydroxylation is 1. The second-order valence-corrected chi connectivity index (χ2v) is 5.98. The molecule has 1 fully saturated rings. The molecule has 4 nitrogen and oxygen atoms in total. The van der Waals surface area contributed by atoms with Gasteiger partial charge < -0.3 is 5.32 Å². The molecule has 114 valence electrons. The maximum Gasteiger partial charge on any atom is 0.250 e. The van der Waals surface area contributed by atoms with Gasteiger partial charge in [-0.15, -0.1) is 0 Å². The Hall–Kier alpha value is -1.84. The van der Waals surface area contributed by atoms with Gasteiger partial charge in [0.25, 0.3) is 5.91 Å². The van der Waals surface area contributed by atoms with Crippen LogP contribution >= 0.6 is 0 Å². The third kappa shape index (κ3) is 2.67. The van der Waals surface area contributed by atoms with Gasteiger partial charge in [0.2, 0.25) is 5.91 Å². The summed E-state index contributed by atoms with van der Waals surface area (Å²) in [4.78, 5) is 26.8.